The van der Waals surface area contributed by atoms with Gasteiger partial charge in [-0.1, -0.05) is 52.3 Å². The molecule has 0 saturated heterocycles. The number of methoxy groups -OCH3 is 1. The van der Waals surface area contributed by atoms with Crippen LogP contribution < -0.4 is 5.32 Å². The van der Waals surface area contributed by atoms with Gasteiger partial charge < -0.3 is 15.0 Å². The van der Waals surface area contributed by atoms with Crippen LogP contribution in [0.15, 0.2) is 53.0 Å². The van der Waals surface area contributed by atoms with Crippen LogP contribution in [-0.2, 0) is 16.0 Å². The second kappa shape index (κ2) is 6.07. The molecule has 0 saturated carbocycles. The Hall–Kier alpha value is -2.11. The number of nitrogens with two attached hydrogens (primary N) is 1. The smallest absolute Gasteiger partial charge is 0.364 e. The molecule has 0 unspecified atom stereocenters. The van der Waals surface area contributed by atoms with Crippen LogP contribution in [0.4, 0.5) is 0 Å². The number of hydrogen-bond donors (Lipinski definition) is 2. The van der Waals surface area contributed by atoms with Crippen molar-refractivity contribution in [3.63, 3.8) is 0 Å². The predicted molar refractivity (Wildman–Crippen MR) is 95.7 cm³/mol. The number of H-pyrrole nitrogens is 1. The highest BCUT2D eigenvalue weighted by Crippen LogP contribution is 2.34. The van der Waals surface area contributed by atoms with Crippen molar-refractivity contribution in [2.75, 3.05) is 7.11 Å². The number of aromatic nitrogens is 1. The number of carbonyl (C=O) groups is 1. The number of rotatable bonds is 2. The third-order valence-electron chi connectivity index (χ3n) is 4.75. The van der Waals surface area contributed by atoms with Crippen molar-refractivity contribution in [1.29, 1.82) is 0 Å². The van der Waals surface area contributed by atoms with Crippen molar-refractivity contribution in [1.82, 2.24) is 4.98 Å². The molecular formula is C19H18BrN2O2+. The number of fused-ring (bicyclic) bond motifs is 3. The predicted octanol–water partition coefficient (Wildman–Crippen LogP) is 2.68. The van der Waals surface area contributed by atoms with Crippen LogP contribution in [0, 0.1) is 0 Å². The summed E-state index contributed by atoms with van der Waals surface area (Å²) in [7, 11) is 1.45. The lowest BCUT2D eigenvalue weighted by atomic mass is 9.90. The zero-order valence-corrected chi connectivity index (χ0v) is 14.8. The van der Waals surface area contributed by atoms with E-state index in [9.17, 15) is 4.79 Å². The molecule has 3 N–H and O–H groups in total. The van der Waals surface area contributed by atoms with Crippen LogP contribution in [0.2, 0.25) is 0 Å². The zero-order valence-electron chi connectivity index (χ0n) is 13.3. The Balaban J connectivity index is 1.90. The molecule has 0 aliphatic carbocycles. The Kier molecular flexibility index (Phi) is 3.90. The first kappa shape index (κ1) is 15.4. The number of para-hydroxylation sites is 1. The van der Waals surface area contributed by atoms with E-state index < -0.39 is 0 Å². The maximum atomic E-state index is 12.2. The van der Waals surface area contributed by atoms with Crippen LogP contribution in [0.5, 0.6) is 0 Å². The Bertz CT molecular complexity index is 919. The van der Waals surface area contributed by atoms with Crippen LogP contribution in [-0.4, -0.2) is 24.1 Å². The van der Waals surface area contributed by atoms with Crippen LogP contribution >= 0.6 is 15.9 Å². The third-order valence-corrected chi connectivity index (χ3v) is 5.47. The minimum Gasteiger partial charge on any atom is -0.465 e. The molecule has 1 aliphatic heterocycles. The van der Waals surface area contributed by atoms with Crippen LogP contribution in [0.25, 0.3) is 10.9 Å². The van der Waals surface area contributed by atoms with Gasteiger partial charge in [0.25, 0.3) is 0 Å². The average molecular weight is 386 g/mol. The van der Waals surface area contributed by atoms with E-state index in [-0.39, 0.29) is 18.1 Å². The molecule has 2 heterocycles. The fraction of sp³-hybridized carbons (Fsp3) is 0.211. The SMILES string of the molecule is COC(=O)[C@H]1Cc2c([nH]c3ccccc23)[C@H](c2ccccc2Br)[NH2+]1. The number of benzene rings is 2. The zero-order chi connectivity index (χ0) is 16.7. The maximum Gasteiger partial charge on any atom is 0.364 e. The van der Waals surface area contributed by atoms with E-state index in [0.717, 1.165) is 15.6 Å². The van der Waals surface area contributed by atoms with Crippen molar-refractivity contribution < 1.29 is 14.8 Å². The molecule has 24 heavy (non-hydrogen) atoms. The molecule has 1 aromatic heterocycles. The standard InChI is InChI=1S/C19H17BrN2O2/c1-24-19(23)16-10-13-11-6-3-5-9-15(11)21-18(13)17(22-16)12-7-2-4-8-14(12)20/h2-9,16-17,21-22H,10H2,1H3/p+1/t16-,17+/m1/s1. The largest absolute Gasteiger partial charge is 0.465 e. The first-order valence-electron chi connectivity index (χ1n) is 7.95. The van der Waals surface area contributed by atoms with Gasteiger partial charge in [-0.25, -0.2) is 4.79 Å². The van der Waals surface area contributed by atoms with Crippen molar-refractivity contribution in [3.05, 3.63) is 69.8 Å². The molecule has 2 atom stereocenters. The molecule has 5 heteroatoms. The lowest BCUT2D eigenvalue weighted by Crippen LogP contribution is -2.94. The van der Waals surface area contributed by atoms with Gasteiger partial charge in [-0.05, 0) is 17.7 Å². The summed E-state index contributed by atoms with van der Waals surface area (Å²) in [5, 5.41) is 3.29. The number of esters is 1. The summed E-state index contributed by atoms with van der Waals surface area (Å²) in [5.41, 5.74) is 4.64. The molecule has 4 nitrogen and oxygen atoms in total. The molecule has 1 aliphatic rings. The highest BCUT2D eigenvalue weighted by Gasteiger charge is 2.38. The summed E-state index contributed by atoms with van der Waals surface area (Å²) in [6.45, 7) is 0. The number of halogens is 1. The van der Waals surface area contributed by atoms with Crippen molar-refractivity contribution >= 4 is 32.8 Å². The Morgan fingerprint density at radius 2 is 1.96 bits per heavy atom. The minimum absolute atomic E-state index is 0.0285. The van der Waals surface area contributed by atoms with Gasteiger partial charge >= 0.3 is 5.97 Å². The molecule has 3 aromatic rings. The summed E-state index contributed by atoms with van der Waals surface area (Å²) in [4.78, 5) is 15.8. The van der Waals surface area contributed by atoms with E-state index >= 15 is 0 Å². The van der Waals surface area contributed by atoms with Gasteiger partial charge in [0.1, 0.15) is 0 Å². The fourth-order valence-electron chi connectivity index (χ4n) is 3.62. The van der Waals surface area contributed by atoms with Gasteiger partial charge in [0, 0.05) is 27.4 Å². The molecule has 0 bridgehead atoms. The summed E-state index contributed by atoms with van der Waals surface area (Å²) in [6.07, 6.45) is 0.674. The molecular weight excluding hydrogens is 368 g/mol. The summed E-state index contributed by atoms with van der Waals surface area (Å²) in [6, 6.07) is 16.2. The summed E-state index contributed by atoms with van der Waals surface area (Å²) in [5.74, 6) is -0.178. The third kappa shape index (κ3) is 2.44. The van der Waals surface area contributed by atoms with Crippen LogP contribution in [0.1, 0.15) is 22.9 Å². The van der Waals surface area contributed by atoms with E-state index in [4.69, 9.17) is 4.74 Å². The lowest BCUT2D eigenvalue weighted by Gasteiger charge is -2.27. The van der Waals surface area contributed by atoms with E-state index in [0.29, 0.717) is 6.42 Å². The second-order valence-corrected chi connectivity index (χ2v) is 6.94. The van der Waals surface area contributed by atoms with E-state index in [2.05, 4.69) is 44.4 Å². The molecule has 0 fully saturated rings. The van der Waals surface area contributed by atoms with Gasteiger partial charge in [-0.2, -0.15) is 0 Å². The molecule has 122 valence electrons. The van der Waals surface area contributed by atoms with Gasteiger partial charge in [0.2, 0.25) is 0 Å². The topological polar surface area (TPSA) is 58.7 Å². The van der Waals surface area contributed by atoms with Gasteiger partial charge in [0.05, 0.1) is 12.8 Å². The first-order chi connectivity index (χ1) is 11.7. The molecule has 4 rings (SSSR count). The Labute approximate surface area is 148 Å². The Morgan fingerprint density at radius 1 is 1.21 bits per heavy atom. The van der Waals surface area contributed by atoms with Crippen LogP contribution in [0.3, 0.4) is 0 Å². The number of nitrogens with one attached hydrogen (secondary N) is 1. The molecule has 0 spiro atoms. The second-order valence-electron chi connectivity index (χ2n) is 6.09. The number of quaternary nitrogens is 1. The highest BCUT2D eigenvalue weighted by atomic mass is 79.9. The number of ether oxygens (including phenoxy) is 1. The minimum atomic E-state index is -0.237. The maximum absolute atomic E-state index is 12.2. The van der Waals surface area contributed by atoms with Crippen molar-refractivity contribution in [2.24, 2.45) is 0 Å². The number of hydrogen-bond acceptors (Lipinski definition) is 2. The average Bonchev–Trinajstić information content (AvgIpc) is 2.99. The Morgan fingerprint density at radius 3 is 2.75 bits per heavy atom. The van der Waals surface area contributed by atoms with Gasteiger partial charge in [-0.15, -0.1) is 0 Å². The normalized spacial score (nSPS) is 19.9. The molecule has 0 radical (unpaired) electrons. The summed E-state index contributed by atoms with van der Waals surface area (Å²) < 4.78 is 6.06. The first-order valence-corrected chi connectivity index (χ1v) is 8.75. The fourth-order valence-corrected chi connectivity index (χ4v) is 4.15. The highest BCUT2D eigenvalue weighted by molar-refractivity contribution is 9.10. The lowest BCUT2D eigenvalue weighted by molar-refractivity contribution is -0.712. The molecule has 2 aromatic carbocycles. The number of aromatic amines is 1. The van der Waals surface area contributed by atoms with E-state index in [1.807, 2.05) is 30.3 Å². The molecule has 0 amide bonds. The van der Waals surface area contributed by atoms with E-state index in [1.165, 1.54) is 23.8 Å². The summed E-state index contributed by atoms with van der Waals surface area (Å²) >= 11 is 3.65. The van der Waals surface area contributed by atoms with Gasteiger partial charge in [0.15, 0.2) is 12.1 Å². The van der Waals surface area contributed by atoms with E-state index in [1.54, 1.807) is 0 Å². The monoisotopic (exact) mass is 385 g/mol. The van der Waals surface area contributed by atoms with Gasteiger partial charge in [-0.3, -0.25) is 0 Å². The number of carbonyl (C=O) groups excluding carboxylic acids is 1. The van der Waals surface area contributed by atoms with Crippen molar-refractivity contribution in [2.45, 2.75) is 18.5 Å². The quantitative estimate of drug-likeness (QED) is 0.666. The van der Waals surface area contributed by atoms with Crippen molar-refractivity contribution in [3.8, 4) is 0 Å².